The molecule has 1 unspecified atom stereocenters. The first-order valence-electron chi connectivity index (χ1n) is 11.2. The Hall–Kier alpha value is -1.55. The highest BCUT2D eigenvalue weighted by atomic mass is 16.1. The molecule has 27 heavy (non-hydrogen) atoms. The molecular weight excluding hydrogens is 334 g/mol. The first-order chi connectivity index (χ1) is 13.3. The van der Waals surface area contributed by atoms with Crippen molar-refractivity contribution >= 4 is 11.0 Å². The second kappa shape index (κ2) is 7.12. The Balaban J connectivity index is 1.26. The number of rotatable bonds is 3. The lowest BCUT2D eigenvalue weighted by atomic mass is 9.65. The predicted molar refractivity (Wildman–Crippen MR) is 110 cm³/mol. The third kappa shape index (κ3) is 3.16. The van der Waals surface area contributed by atoms with Crippen molar-refractivity contribution in [1.82, 2.24) is 14.5 Å². The van der Waals surface area contributed by atoms with Crippen molar-refractivity contribution in [2.75, 3.05) is 19.6 Å². The smallest absolute Gasteiger partial charge is 0.306 e. The molecular formula is C23H33N3O. The molecule has 1 aromatic carbocycles. The van der Waals surface area contributed by atoms with E-state index < -0.39 is 0 Å². The van der Waals surface area contributed by atoms with Crippen molar-refractivity contribution in [2.45, 2.75) is 70.3 Å². The molecule has 0 radical (unpaired) electrons. The molecule has 3 fully saturated rings. The number of hydrogen-bond acceptors (Lipinski definition) is 2. The lowest BCUT2D eigenvalue weighted by Crippen LogP contribution is -2.44. The summed E-state index contributed by atoms with van der Waals surface area (Å²) in [6.45, 7) is 3.59. The molecule has 1 atom stereocenters. The van der Waals surface area contributed by atoms with E-state index in [9.17, 15) is 4.79 Å². The third-order valence-electron chi connectivity index (χ3n) is 7.97. The molecule has 0 amide bonds. The number of aromatic amines is 1. The number of benzene rings is 1. The van der Waals surface area contributed by atoms with Crippen molar-refractivity contribution in [2.24, 2.45) is 11.3 Å². The maximum atomic E-state index is 12.5. The fourth-order valence-corrected chi connectivity index (χ4v) is 6.51. The van der Waals surface area contributed by atoms with Crippen LogP contribution in [0.1, 0.15) is 70.3 Å². The van der Waals surface area contributed by atoms with E-state index in [1.807, 2.05) is 22.8 Å². The van der Waals surface area contributed by atoms with Crippen LogP contribution in [0.4, 0.5) is 0 Å². The normalized spacial score (nSPS) is 26.9. The van der Waals surface area contributed by atoms with Gasteiger partial charge in [-0.05, 0) is 62.0 Å². The van der Waals surface area contributed by atoms with E-state index >= 15 is 0 Å². The molecule has 2 saturated carbocycles. The summed E-state index contributed by atoms with van der Waals surface area (Å²) >= 11 is 0. The molecule has 1 N–H and O–H groups in total. The Morgan fingerprint density at radius 1 is 0.963 bits per heavy atom. The maximum absolute atomic E-state index is 12.5. The highest BCUT2D eigenvalue weighted by Gasteiger charge is 2.43. The van der Waals surface area contributed by atoms with Crippen LogP contribution in [-0.2, 0) is 0 Å². The van der Waals surface area contributed by atoms with E-state index in [0.717, 1.165) is 42.9 Å². The molecule has 4 heteroatoms. The highest BCUT2D eigenvalue weighted by Crippen LogP contribution is 2.52. The zero-order chi connectivity index (χ0) is 18.3. The van der Waals surface area contributed by atoms with Gasteiger partial charge in [-0.25, -0.2) is 4.79 Å². The van der Waals surface area contributed by atoms with E-state index in [1.54, 1.807) is 0 Å². The molecule has 1 spiro atoms. The number of H-pyrrole nitrogens is 1. The molecule has 146 valence electrons. The minimum Gasteiger partial charge on any atom is -0.306 e. The molecule has 2 aromatic rings. The number of aromatic nitrogens is 2. The minimum atomic E-state index is 0.0619. The first-order valence-corrected chi connectivity index (χ1v) is 11.2. The Bertz CT molecular complexity index is 837. The monoisotopic (exact) mass is 367 g/mol. The van der Waals surface area contributed by atoms with Gasteiger partial charge in [0, 0.05) is 25.7 Å². The highest BCUT2D eigenvalue weighted by molar-refractivity contribution is 5.75. The largest absolute Gasteiger partial charge is 0.326 e. The standard InChI is InChI=1S/C23H33N3O/c27-22-24-20-8-1-2-9-21(20)26(22)19-10-15-25(16-11-19)17-18-7-3-4-12-23(18)13-5-6-14-23/h1-2,8-9,18-19H,3-7,10-17H2,(H,24,27). The lowest BCUT2D eigenvalue weighted by Gasteiger charge is -2.45. The number of fused-ring (bicyclic) bond motifs is 1. The molecule has 0 bridgehead atoms. The summed E-state index contributed by atoms with van der Waals surface area (Å²) in [4.78, 5) is 18.2. The molecule has 1 aliphatic heterocycles. The summed E-state index contributed by atoms with van der Waals surface area (Å²) in [5, 5.41) is 0. The van der Waals surface area contributed by atoms with E-state index in [1.165, 1.54) is 57.9 Å². The number of imidazole rings is 1. The first kappa shape index (κ1) is 17.5. The van der Waals surface area contributed by atoms with Gasteiger partial charge in [0.15, 0.2) is 0 Å². The molecule has 3 aliphatic rings. The van der Waals surface area contributed by atoms with Crippen LogP contribution in [0.25, 0.3) is 11.0 Å². The SMILES string of the molecule is O=c1[nH]c2ccccc2n1C1CCN(CC2CCCCC23CCCC3)CC1. The molecule has 2 aliphatic carbocycles. The average Bonchev–Trinajstić information content (AvgIpc) is 3.29. The van der Waals surface area contributed by atoms with Gasteiger partial charge in [-0.3, -0.25) is 4.57 Å². The van der Waals surface area contributed by atoms with Gasteiger partial charge in [0.2, 0.25) is 0 Å². The number of para-hydroxylation sites is 2. The number of nitrogens with one attached hydrogen (secondary N) is 1. The maximum Gasteiger partial charge on any atom is 0.326 e. The summed E-state index contributed by atoms with van der Waals surface area (Å²) < 4.78 is 2.02. The zero-order valence-corrected chi connectivity index (χ0v) is 16.5. The molecule has 4 nitrogen and oxygen atoms in total. The van der Waals surface area contributed by atoms with Crippen LogP contribution in [0, 0.1) is 11.3 Å². The Labute approximate surface area is 161 Å². The molecule has 5 rings (SSSR count). The Morgan fingerprint density at radius 2 is 1.67 bits per heavy atom. The third-order valence-corrected chi connectivity index (χ3v) is 7.97. The summed E-state index contributed by atoms with van der Waals surface area (Å²) in [5.74, 6) is 0.918. The number of piperidine rings is 1. The van der Waals surface area contributed by atoms with Gasteiger partial charge in [-0.15, -0.1) is 0 Å². The van der Waals surface area contributed by atoms with Gasteiger partial charge in [0.05, 0.1) is 11.0 Å². The van der Waals surface area contributed by atoms with Crippen molar-refractivity contribution in [3.05, 3.63) is 34.7 Å². The van der Waals surface area contributed by atoms with Crippen molar-refractivity contribution in [3.8, 4) is 0 Å². The topological polar surface area (TPSA) is 41.0 Å². The Kier molecular flexibility index (Phi) is 4.63. The second-order valence-electron chi connectivity index (χ2n) is 9.36. The van der Waals surface area contributed by atoms with Crippen LogP contribution in [0.2, 0.25) is 0 Å². The van der Waals surface area contributed by atoms with E-state index in [-0.39, 0.29) is 5.69 Å². The van der Waals surface area contributed by atoms with Gasteiger partial charge in [-0.2, -0.15) is 0 Å². The number of nitrogens with zero attached hydrogens (tertiary/aromatic N) is 2. The van der Waals surface area contributed by atoms with Gasteiger partial charge < -0.3 is 9.88 Å². The molecule has 1 saturated heterocycles. The van der Waals surface area contributed by atoms with Crippen LogP contribution < -0.4 is 5.69 Å². The van der Waals surface area contributed by atoms with Gasteiger partial charge >= 0.3 is 5.69 Å². The van der Waals surface area contributed by atoms with Crippen molar-refractivity contribution < 1.29 is 0 Å². The van der Waals surface area contributed by atoms with Gasteiger partial charge in [-0.1, -0.05) is 37.8 Å². The fraction of sp³-hybridized carbons (Fsp3) is 0.696. The van der Waals surface area contributed by atoms with Crippen LogP contribution in [-0.4, -0.2) is 34.1 Å². The average molecular weight is 368 g/mol. The summed E-state index contributed by atoms with van der Waals surface area (Å²) in [6, 6.07) is 8.45. The lowest BCUT2D eigenvalue weighted by molar-refractivity contribution is 0.0515. The predicted octanol–water partition coefficient (Wildman–Crippen LogP) is 4.72. The summed E-state index contributed by atoms with van der Waals surface area (Å²) in [7, 11) is 0. The molecule has 2 heterocycles. The quantitative estimate of drug-likeness (QED) is 0.853. The van der Waals surface area contributed by atoms with E-state index in [0.29, 0.717) is 11.5 Å². The molecule has 1 aromatic heterocycles. The Morgan fingerprint density at radius 3 is 2.44 bits per heavy atom. The van der Waals surface area contributed by atoms with Crippen LogP contribution in [0.3, 0.4) is 0 Å². The van der Waals surface area contributed by atoms with Gasteiger partial charge in [0.1, 0.15) is 0 Å². The van der Waals surface area contributed by atoms with E-state index in [2.05, 4.69) is 16.0 Å². The zero-order valence-electron chi connectivity index (χ0n) is 16.5. The fourth-order valence-electron chi connectivity index (χ4n) is 6.51. The summed E-state index contributed by atoms with van der Waals surface area (Å²) in [5.41, 5.74) is 2.78. The van der Waals surface area contributed by atoms with Crippen LogP contribution in [0.5, 0.6) is 0 Å². The van der Waals surface area contributed by atoms with Crippen LogP contribution >= 0.6 is 0 Å². The van der Waals surface area contributed by atoms with Crippen molar-refractivity contribution in [1.29, 1.82) is 0 Å². The minimum absolute atomic E-state index is 0.0619. The number of likely N-dealkylation sites (tertiary alicyclic amines) is 1. The van der Waals surface area contributed by atoms with E-state index in [4.69, 9.17) is 0 Å². The second-order valence-corrected chi connectivity index (χ2v) is 9.36. The van der Waals surface area contributed by atoms with Gasteiger partial charge in [0.25, 0.3) is 0 Å². The number of hydrogen-bond donors (Lipinski definition) is 1. The van der Waals surface area contributed by atoms with Crippen molar-refractivity contribution in [3.63, 3.8) is 0 Å². The van der Waals surface area contributed by atoms with Crippen LogP contribution in [0.15, 0.2) is 29.1 Å². The summed E-state index contributed by atoms with van der Waals surface area (Å²) in [6.07, 6.45) is 13.9.